The highest BCUT2D eigenvalue weighted by molar-refractivity contribution is 5.76. The van der Waals surface area contributed by atoms with Crippen LogP contribution in [-0.4, -0.2) is 44.8 Å². The molecule has 5 heteroatoms. The van der Waals surface area contributed by atoms with Gasteiger partial charge in [-0.2, -0.15) is 0 Å². The lowest BCUT2D eigenvalue weighted by molar-refractivity contribution is -0.122. The van der Waals surface area contributed by atoms with Gasteiger partial charge in [0.25, 0.3) is 0 Å². The van der Waals surface area contributed by atoms with E-state index in [1.807, 2.05) is 0 Å². The normalized spacial score (nSPS) is 21.3. The van der Waals surface area contributed by atoms with Gasteiger partial charge in [0.15, 0.2) is 0 Å². The molecule has 1 amide bonds. The van der Waals surface area contributed by atoms with Crippen LogP contribution >= 0.6 is 0 Å². The van der Waals surface area contributed by atoms with Crippen molar-refractivity contribution in [2.75, 3.05) is 32.8 Å². The van der Waals surface area contributed by atoms with Gasteiger partial charge in [0.2, 0.25) is 5.91 Å². The van der Waals surface area contributed by atoms with E-state index >= 15 is 0 Å². The number of hydrogen-bond donors (Lipinski definition) is 3. The molecule has 1 saturated heterocycles. The van der Waals surface area contributed by atoms with Crippen LogP contribution in [0.5, 0.6) is 0 Å². The van der Waals surface area contributed by atoms with Gasteiger partial charge in [-0.1, -0.05) is 0 Å². The van der Waals surface area contributed by atoms with Gasteiger partial charge in [-0.15, -0.1) is 0 Å². The van der Waals surface area contributed by atoms with Crippen LogP contribution in [0.2, 0.25) is 0 Å². The van der Waals surface area contributed by atoms with Crippen LogP contribution in [0, 0.1) is 0 Å². The van der Waals surface area contributed by atoms with Gasteiger partial charge in [-0.25, -0.2) is 0 Å². The van der Waals surface area contributed by atoms with Crippen molar-refractivity contribution < 1.29 is 9.53 Å². The lowest BCUT2D eigenvalue weighted by Crippen LogP contribution is -2.44. The molecule has 0 aliphatic carbocycles. The third kappa shape index (κ3) is 5.71. The van der Waals surface area contributed by atoms with Gasteiger partial charge < -0.3 is 21.1 Å². The number of unbranched alkanes of at least 4 members (excludes halogenated alkanes) is 1. The highest BCUT2D eigenvalue weighted by atomic mass is 16.5. The van der Waals surface area contributed by atoms with Crippen LogP contribution in [0.25, 0.3) is 0 Å². The molecule has 1 fully saturated rings. The SMILES string of the molecule is NCCCCNC(=O)CC1COCCN1. The summed E-state index contributed by atoms with van der Waals surface area (Å²) in [5.74, 6) is 0.0926. The van der Waals surface area contributed by atoms with E-state index in [0.29, 0.717) is 19.6 Å². The molecular formula is C10H21N3O2. The number of amides is 1. The molecule has 0 saturated carbocycles. The summed E-state index contributed by atoms with van der Waals surface area (Å²) in [6.45, 7) is 3.63. The highest BCUT2D eigenvalue weighted by Crippen LogP contribution is 1.98. The van der Waals surface area contributed by atoms with Gasteiger partial charge in [0.1, 0.15) is 0 Å². The van der Waals surface area contributed by atoms with Crippen LogP contribution in [0.1, 0.15) is 19.3 Å². The van der Waals surface area contributed by atoms with Crippen molar-refractivity contribution in [1.82, 2.24) is 10.6 Å². The van der Waals surface area contributed by atoms with E-state index in [4.69, 9.17) is 10.5 Å². The number of nitrogens with two attached hydrogens (primary N) is 1. The first kappa shape index (κ1) is 12.4. The molecule has 88 valence electrons. The minimum Gasteiger partial charge on any atom is -0.378 e. The molecule has 1 rings (SSSR count). The maximum Gasteiger partial charge on any atom is 0.221 e. The first-order valence-electron chi connectivity index (χ1n) is 5.61. The Morgan fingerprint density at radius 3 is 3.07 bits per heavy atom. The van der Waals surface area contributed by atoms with Crippen LogP contribution in [0.15, 0.2) is 0 Å². The molecule has 1 aliphatic heterocycles. The molecule has 0 bridgehead atoms. The lowest BCUT2D eigenvalue weighted by Gasteiger charge is -2.23. The van der Waals surface area contributed by atoms with Crippen molar-refractivity contribution in [1.29, 1.82) is 0 Å². The fourth-order valence-corrected chi connectivity index (χ4v) is 1.54. The summed E-state index contributed by atoms with van der Waals surface area (Å²) in [6.07, 6.45) is 2.42. The zero-order valence-electron chi connectivity index (χ0n) is 9.13. The average Bonchev–Trinajstić information content (AvgIpc) is 2.26. The second-order valence-corrected chi connectivity index (χ2v) is 3.78. The number of ether oxygens (including phenoxy) is 1. The van der Waals surface area contributed by atoms with E-state index in [-0.39, 0.29) is 11.9 Å². The maximum absolute atomic E-state index is 11.4. The van der Waals surface area contributed by atoms with Crippen molar-refractivity contribution >= 4 is 5.91 Å². The molecule has 0 spiro atoms. The van der Waals surface area contributed by atoms with Gasteiger partial charge in [-0.05, 0) is 19.4 Å². The van der Waals surface area contributed by atoms with Gasteiger partial charge >= 0.3 is 0 Å². The molecule has 1 atom stereocenters. The van der Waals surface area contributed by atoms with Crippen molar-refractivity contribution in [2.45, 2.75) is 25.3 Å². The average molecular weight is 215 g/mol. The summed E-state index contributed by atoms with van der Waals surface area (Å²) in [6, 6.07) is 0.174. The van der Waals surface area contributed by atoms with Crippen LogP contribution in [-0.2, 0) is 9.53 Å². The standard InChI is InChI=1S/C10H21N3O2/c11-3-1-2-4-13-10(14)7-9-8-15-6-5-12-9/h9,12H,1-8,11H2,(H,13,14). The van der Waals surface area contributed by atoms with E-state index in [2.05, 4.69) is 10.6 Å². The zero-order chi connectivity index (χ0) is 10.9. The Balaban J connectivity index is 2.01. The second-order valence-electron chi connectivity index (χ2n) is 3.78. The molecule has 15 heavy (non-hydrogen) atoms. The number of rotatable bonds is 6. The Morgan fingerprint density at radius 2 is 2.40 bits per heavy atom. The Morgan fingerprint density at radius 1 is 1.53 bits per heavy atom. The lowest BCUT2D eigenvalue weighted by atomic mass is 10.2. The van der Waals surface area contributed by atoms with Gasteiger partial charge in [-0.3, -0.25) is 4.79 Å². The maximum atomic E-state index is 11.4. The third-order valence-electron chi connectivity index (χ3n) is 2.38. The molecule has 0 aromatic carbocycles. The molecule has 4 N–H and O–H groups in total. The third-order valence-corrected chi connectivity index (χ3v) is 2.38. The Kier molecular flexibility index (Phi) is 6.31. The quantitative estimate of drug-likeness (QED) is 0.508. The summed E-state index contributed by atoms with van der Waals surface area (Å²) in [5, 5.41) is 6.12. The Labute approximate surface area is 90.7 Å². The van der Waals surface area contributed by atoms with E-state index < -0.39 is 0 Å². The van der Waals surface area contributed by atoms with E-state index in [9.17, 15) is 4.79 Å². The molecule has 1 aliphatic rings. The predicted octanol–water partition coefficient (Wildman–Crippen LogP) is -0.780. The first-order chi connectivity index (χ1) is 7.33. The molecule has 0 radical (unpaired) electrons. The molecule has 5 nitrogen and oxygen atoms in total. The van der Waals surface area contributed by atoms with Crippen LogP contribution < -0.4 is 16.4 Å². The highest BCUT2D eigenvalue weighted by Gasteiger charge is 2.16. The summed E-state index contributed by atoms with van der Waals surface area (Å²) in [7, 11) is 0. The smallest absolute Gasteiger partial charge is 0.221 e. The minimum absolute atomic E-state index is 0.0926. The fourth-order valence-electron chi connectivity index (χ4n) is 1.54. The van der Waals surface area contributed by atoms with Crippen molar-refractivity contribution in [3.05, 3.63) is 0 Å². The van der Waals surface area contributed by atoms with Crippen LogP contribution in [0.4, 0.5) is 0 Å². The molecule has 1 heterocycles. The van der Waals surface area contributed by atoms with Crippen molar-refractivity contribution in [3.8, 4) is 0 Å². The summed E-state index contributed by atoms with van der Waals surface area (Å²) in [5.41, 5.74) is 5.36. The van der Waals surface area contributed by atoms with Crippen molar-refractivity contribution in [2.24, 2.45) is 5.73 Å². The number of carbonyl (C=O) groups excluding carboxylic acids is 1. The first-order valence-corrected chi connectivity index (χ1v) is 5.61. The largest absolute Gasteiger partial charge is 0.378 e. The van der Waals surface area contributed by atoms with E-state index in [1.54, 1.807) is 0 Å². The topological polar surface area (TPSA) is 76.4 Å². The number of nitrogens with one attached hydrogen (secondary N) is 2. The monoisotopic (exact) mass is 215 g/mol. The van der Waals surface area contributed by atoms with Crippen LogP contribution in [0.3, 0.4) is 0 Å². The Bertz CT molecular complexity index is 182. The molecule has 0 aromatic rings. The Hall–Kier alpha value is -0.650. The van der Waals surface area contributed by atoms with Crippen molar-refractivity contribution in [3.63, 3.8) is 0 Å². The minimum atomic E-state index is 0.0926. The number of carbonyl (C=O) groups is 1. The fraction of sp³-hybridized carbons (Fsp3) is 0.900. The molecular weight excluding hydrogens is 194 g/mol. The summed E-state index contributed by atoms with van der Waals surface area (Å²) in [4.78, 5) is 11.4. The van der Waals surface area contributed by atoms with Gasteiger partial charge in [0, 0.05) is 25.6 Å². The van der Waals surface area contributed by atoms with Gasteiger partial charge in [0.05, 0.1) is 13.2 Å². The van der Waals surface area contributed by atoms with E-state index in [0.717, 1.165) is 32.5 Å². The summed E-state index contributed by atoms with van der Waals surface area (Å²) < 4.78 is 5.27. The summed E-state index contributed by atoms with van der Waals surface area (Å²) >= 11 is 0. The number of hydrogen-bond acceptors (Lipinski definition) is 4. The number of morpholine rings is 1. The molecule has 0 aromatic heterocycles. The van der Waals surface area contributed by atoms with E-state index in [1.165, 1.54) is 0 Å². The molecule has 1 unspecified atom stereocenters. The second kappa shape index (κ2) is 7.62. The zero-order valence-corrected chi connectivity index (χ0v) is 9.13. The predicted molar refractivity (Wildman–Crippen MR) is 58.5 cm³/mol.